The summed E-state index contributed by atoms with van der Waals surface area (Å²) in [6.45, 7) is 0.408. The molecule has 0 aliphatic carbocycles. The molecule has 3 rings (SSSR count). The molecular formula is C16H14N4O4. The Morgan fingerprint density at radius 2 is 2.12 bits per heavy atom. The van der Waals surface area contributed by atoms with Gasteiger partial charge in [0.25, 0.3) is 0 Å². The smallest absolute Gasteiger partial charge is 0.376 e. The SMILES string of the molecule is COCc1cccc(Nc2nc3ccccn3c(=O)c2[N+](=O)[O-])c1. The molecule has 0 spiro atoms. The first kappa shape index (κ1) is 15.6. The van der Waals surface area contributed by atoms with Gasteiger partial charge in [0.05, 0.1) is 11.5 Å². The third-order valence-corrected chi connectivity index (χ3v) is 3.39. The van der Waals surface area contributed by atoms with Crippen LogP contribution >= 0.6 is 0 Å². The number of methoxy groups -OCH3 is 1. The van der Waals surface area contributed by atoms with Crippen LogP contribution in [0.15, 0.2) is 53.5 Å². The lowest BCUT2D eigenvalue weighted by molar-refractivity contribution is -0.385. The Morgan fingerprint density at radius 3 is 2.88 bits per heavy atom. The second-order valence-corrected chi connectivity index (χ2v) is 5.06. The lowest BCUT2D eigenvalue weighted by Gasteiger charge is -2.09. The molecule has 1 N–H and O–H groups in total. The summed E-state index contributed by atoms with van der Waals surface area (Å²) in [6.07, 6.45) is 1.45. The normalized spacial score (nSPS) is 10.7. The van der Waals surface area contributed by atoms with E-state index in [1.165, 1.54) is 6.20 Å². The monoisotopic (exact) mass is 326 g/mol. The van der Waals surface area contributed by atoms with Gasteiger partial charge in [-0.15, -0.1) is 0 Å². The molecular weight excluding hydrogens is 312 g/mol. The highest BCUT2D eigenvalue weighted by atomic mass is 16.6. The van der Waals surface area contributed by atoms with Gasteiger partial charge in [0.1, 0.15) is 5.65 Å². The van der Waals surface area contributed by atoms with E-state index < -0.39 is 16.2 Å². The van der Waals surface area contributed by atoms with Crippen LogP contribution in [0.3, 0.4) is 0 Å². The Bertz CT molecular complexity index is 968. The fraction of sp³-hybridized carbons (Fsp3) is 0.125. The van der Waals surface area contributed by atoms with Crippen LogP contribution in [-0.4, -0.2) is 21.4 Å². The number of ether oxygens (including phenoxy) is 1. The van der Waals surface area contributed by atoms with Gasteiger partial charge in [-0.25, -0.2) is 4.98 Å². The average Bonchev–Trinajstić information content (AvgIpc) is 2.55. The topological polar surface area (TPSA) is 98.8 Å². The molecule has 0 saturated carbocycles. The van der Waals surface area contributed by atoms with Gasteiger partial charge < -0.3 is 10.1 Å². The zero-order chi connectivity index (χ0) is 17.1. The van der Waals surface area contributed by atoms with Gasteiger partial charge in [0, 0.05) is 19.0 Å². The fourth-order valence-corrected chi connectivity index (χ4v) is 2.37. The van der Waals surface area contributed by atoms with Crippen molar-refractivity contribution in [1.29, 1.82) is 0 Å². The maximum atomic E-state index is 12.4. The quantitative estimate of drug-likeness (QED) is 0.571. The molecule has 0 radical (unpaired) electrons. The van der Waals surface area contributed by atoms with E-state index in [1.807, 2.05) is 6.07 Å². The summed E-state index contributed by atoms with van der Waals surface area (Å²) in [5.74, 6) is -0.0919. The standard InChI is InChI=1S/C16H14N4O4/c1-24-10-11-5-4-6-12(9-11)17-15-14(20(22)23)16(21)19-8-3-2-7-13(19)18-15/h2-9,17H,10H2,1H3. The van der Waals surface area contributed by atoms with Gasteiger partial charge in [-0.3, -0.25) is 19.3 Å². The number of aromatic nitrogens is 2. The molecule has 8 heteroatoms. The van der Waals surface area contributed by atoms with Crippen molar-refractivity contribution in [1.82, 2.24) is 9.38 Å². The van der Waals surface area contributed by atoms with Gasteiger partial charge in [-0.1, -0.05) is 18.2 Å². The third-order valence-electron chi connectivity index (χ3n) is 3.39. The number of nitro groups is 1. The maximum Gasteiger partial charge on any atom is 0.376 e. The molecule has 2 aromatic heterocycles. The van der Waals surface area contributed by atoms with Crippen molar-refractivity contribution < 1.29 is 9.66 Å². The molecule has 24 heavy (non-hydrogen) atoms. The third kappa shape index (κ3) is 2.95. The molecule has 1 aromatic carbocycles. The van der Waals surface area contributed by atoms with Gasteiger partial charge in [-0.05, 0) is 29.8 Å². The first-order valence-corrected chi connectivity index (χ1v) is 7.11. The highest BCUT2D eigenvalue weighted by molar-refractivity contribution is 5.67. The average molecular weight is 326 g/mol. The molecule has 0 saturated heterocycles. The van der Waals surface area contributed by atoms with E-state index >= 15 is 0 Å². The Balaban J connectivity index is 2.11. The van der Waals surface area contributed by atoms with Crippen LogP contribution in [0.4, 0.5) is 17.2 Å². The number of pyridine rings is 1. The second kappa shape index (κ2) is 6.47. The predicted molar refractivity (Wildman–Crippen MR) is 88.6 cm³/mol. The van der Waals surface area contributed by atoms with Gasteiger partial charge in [0.15, 0.2) is 0 Å². The van der Waals surface area contributed by atoms with Crippen molar-refractivity contribution in [3.63, 3.8) is 0 Å². The number of nitrogens with zero attached hydrogens (tertiary/aromatic N) is 3. The van der Waals surface area contributed by atoms with Crippen molar-refractivity contribution in [3.8, 4) is 0 Å². The molecule has 0 aliphatic rings. The molecule has 8 nitrogen and oxygen atoms in total. The minimum Gasteiger partial charge on any atom is -0.380 e. The molecule has 0 unspecified atom stereocenters. The lowest BCUT2D eigenvalue weighted by Crippen LogP contribution is -2.20. The summed E-state index contributed by atoms with van der Waals surface area (Å²) < 4.78 is 6.21. The fourth-order valence-electron chi connectivity index (χ4n) is 2.37. The van der Waals surface area contributed by atoms with E-state index in [0.717, 1.165) is 9.96 Å². The van der Waals surface area contributed by atoms with Crippen molar-refractivity contribution in [2.24, 2.45) is 0 Å². The Labute approximate surface area is 136 Å². The number of rotatable bonds is 5. The zero-order valence-electron chi connectivity index (χ0n) is 12.8. The number of fused-ring (bicyclic) bond motifs is 1. The summed E-state index contributed by atoms with van der Waals surface area (Å²) in [5.41, 5.74) is 0.461. The minimum absolute atomic E-state index is 0.0919. The Hall–Kier alpha value is -3.26. The van der Waals surface area contributed by atoms with Crippen LogP contribution in [0.5, 0.6) is 0 Å². The number of hydrogen-bond donors (Lipinski definition) is 1. The second-order valence-electron chi connectivity index (χ2n) is 5.06. The van der Waals surface area contributed by atoms with Crippen LogP contribution in [-0.2, 0) is 11.3 Å². The van der Waals surface area contributed by atoms with Crippen LogP contribution in [0.2, 0.25) is 0 Å². The summed E-state index contributed by atoms with van der Waals surface area (Å²) in [7, 11) is 1.58. The number of hydrogen-bond acceptors (Lipinski definition) is 6. The van der Waals surface area contributed by atoms with Gasteiger partial charge >= 0.3 is 11.2 Å². The van der Waals surface area contributed by atoms with E-state index in [2.05, 4.69) is 10.3 Å². The number of anilines is 2. The van der Waals surface area contributed by atoms with E-state index in [4.69, 9.17) is 4.74 Å². The van der Waals surface area contributed by atoms with Gasteiger partial charge in [0.2, 0.25) is 5.82 Å². The van der Waals surface area contributed by atoms with Crippen LogP contribution < -0.4 is 10.9 Å². The first-order valence-electron chi connectivity index (χ1n) is 7.11. The zero-order valence-corrected chi connectivity index (χ0v) is 12.8. The van der Waals surface area contributed by atoms with Crippen LogP contribution in [0.1, 0.15) is 5.56 Å². The largest absolute Gasteiger partial charge is 0.380 e. The molecule has 0 aliphatic heterocycles. The summed E-state index contributed by atoms with van der Waals surface area (Å²) in [6, 6.07) is 12.1. The van der Waals surface area contributed by atoms with Crippen molar-refractivity contribution >= 4 is 22.8 Å². The molecule has 0 fully saturated rings. The lowest BCUT2D eigenvalue weighted by atomic mass is 10.2. The van der Waals surface area contributed by atoms with Crippen molar-refractivity contribution in [2.75, 3.05) is 12.4 Å². The molecule has 0 bridgehead atoms. The Morgan fingerprint density at radius 1 is 1.29 bits per heavy atom. The van der Waals surface area contributed by atoms with E-state index in [0.29, 0.717) is 17.9 Å². The predicted octanol–water partition coefficient (Wildman–Crippen LogP) is 2.49. The molecule has 0 atom stereocenters. The minimum atomic E-state index is -0.735. The number of nitrogens with one attached hydrogen (secondary N) is 1. The number of benzene rings is 1. The summed E-state index contributed by atoms with van der Waals surface area (Å²) in [4.78, 5) is 27.2. The van der Waals surface area contributed by atoms with E-state index in [9.17, 15) is 14.9 Å². The highest BCUT2D eigenvalue weighted by Crippen LogP contribution is 2.23. The van der Waals surface area contributed by atoms with E-state index in [-0.39, 0.29) is 5.82 Å². The molecule has 0 amide bonds. The van der Waals surface area contributed by atoms with Crippen molar-refractivity contribution in [2.45, 2.75) is 6.61 Å². The summed E-state index contributed by atoms with van der Waals surface area (Å²) in [5, 5.41) is 14.2. The Kier molecular flexibility index (Phi) is 4.21. The van der Waals surface area contributed by atoms with Crippen molar-refractivity contribution in [3.05, 3.63) is 74.7 Å². The van der Waals surface area contributed by atoms with Crippen LogP contribution in [0, 0.1) is 10.1 Å². The van der Waals surface area contributed by atoms with Gasteiger partial charge in [-0.2, -0.15) is 0 Å². The van der Waals surface area contributed by atoms with Crippen LogP contribution in [0.25, 0.3) is 5.65 Å². The maximum absolute atomic E-state index is 12.4. The summed E-state index contributed by atoms with van der Waals surface area (Å²) >= 11 is 0. The van der Waals surface area contributed by atoms with E-state index in [1.54, 1.807) is 43.5 Å². The molecule has 122 valence electrons. The molecule has 2 heterocycles. The molecule has 3 aromatic rings. The highest BCUT2D eigenvalue weighted by Gasteiger charge is 2.23. The first-order chi connectivity index (χ1) is 11.6.